The van der Waals surface area contributed by atoms with Gasteiger partial charge in [0.25, 0.3) is 12.4 Å². The zero-order valence-corrected chi connectivity index (χ0v) is 9.80. The monoisotopic (exact) mass is 303 g/mol. The maximum Gasteiger partial charge on any atom is 0.573 e. The number of ether oxygens (including phenoxy) is 2. The van der Waals surface area contributed by atoms with Gasteiger partial charge in [-0.3, -0.25) is 4.79 Å². The van der Waals surface area contributed by atoms with Gasteiger partial charge >= 0.3 is 12.3 Å². The molecule has 0 amide bonds. The lowest BCUT2D eigenvalue weighted by molar-refractivity contribution is -0.276. The summed E-state index contributed by atoms with van der Waals surface area (Å²) in [6, 6.07) is 0. The van der Waals surface area contributed by atoms with Crippen LogP contribution in [0.25, 0.3) is 0 Å². The van der Waals surface area contributed by atoms with Gasteiger partial charge in [0, 0.05) is 17.3 Å². The van der Waals surface area contributed by atoms with Crippen LogP contribution in [0.3, 0.4) is 0 Å². The van der Waals surface area contributed by atoms with Crippen molar-refractivity contribution in [2.75, 3.05) is 7.11 Å². The number of nitrogens with zero attached hydrogens (tertiary/aromatic N) is 1. The van der Waals surface area contributed by atoms with Gasteiger partial charge in [0.05, 0.1) is 13.5 Å². The molecular weight excluding hydrogens is 296 g/mol. The van der Waals surface area contributed by atoms with Crippen LogP contribution in [-0.2, 0) is 16.0 Å². The number of aromatic nitrogens is 1. The van der Waals surface area contributed by atoms with Crippen LogP contribution >= 0.6 is 0 Å². The summed E-state index contributed by atoms with van der Waals surface area (Å²) in [5, 5.41) is 0. The standard InChI is InChI=1S/C10H7F6NO3/c1-19-6(18)2-4-5(8(11)12)3-17-9(13)7(4)20-10(14,15)16/h3,8H,2H2,1H3. The molecule has 1 aromatic rings. The van der Waals surface area contributed by atoms with Gasteiger partial charge in [0.1, 0.15) is 0 Å². The van der Waals surface area contributed by atoms with E-state index in [-0.39, 0.29) is 0 Å². The highest BCUT2D eigenvalue weighted by Gasteiger charge is 2.36. The third-order valence-corrected chi connectivity index (χ3v) is 2.13. The molecule has 0 radical (unpaired) electrons. The van der Waals surface area contributed by atoms with Crippen LogP contribution in [0.5, 0.6) is 5.75 Å². The highest BCUT2D eigenvalue weighted by Crippen LogP contribution is 2.34. The summed E-state index contributed by atoms with van der Waals surface area (Å²) in [6.07, 6.45) is -9.27. The quantitative estimate of drug-likeness (QED) is 0.487. The summed E-state index contributed by atoms with van der Waals surface area (Å²) in [5.41, 5.74) is -2.01. The van der Waals surface area contributed by atoms with Crippen molar-refractivity contribution in [3.63, 3.8) is 0 Å². The SMILES string of the molecule is COC(=O)Cc1c(C(F)F)cnc(F)c1OC(F)(F)F. The van der Waals surface area contributed by atoms with Crippen LogP contribution in [0.1, 0.15) is 17.6 Å². The van der Waals surface area contributed by atoms with Gasteiger partial charge in [0.2, 0.25) is 0 Å². The first-order valence-corrected chi connectivity index (χ1v) is 4.93. The molecule has 0 saturated heterocycles. The average molecular weight is 303 g/mol. The Bertz CT molecular complexity index is 503. The van der Waals surface area contributed by atoms with E-state index in [0.717, 1.165) is 7.11 Å². The van der Waals surface area contributed by atoms with Crippen molar-refractivity contribution in [3.05, 3.63) is 23.3 Å². The van der Waals surface area contributed by atoms with Crippen molar-refractivity contribution >= 4 is 5.97 Å². The Morgan fingerprint density at radius 1 is 1.40 bits per heavy atom. The number of pyridine rings is 1. The van der Waals surface area contributed by atoms with Gasteiger partial charge in [0.15, 0.2) is 5.75 Å². The lowest BCUT2D eigenvalue weighted by Gasteiger charge is -2.15. The number of carbonyl (C=O) groups is 1. The van der Waals surface area contributed by atoms with Gasteiger partial charge in [-0.1, -0.05) is 0 Å². The Labute approximate surface area is 108 Å². The second-order valence-electron chi connectivity index (χ2n) is 3.41. The lowest BCUT2D eigenvalue weighted by atomic mass is 10.1. The van der Waals surface area contributed by atoms with E-state index >= 15 is 0 Å². The summed E-state index contributed by atoms with van der Waals surface area (Å²) >= 11 is 0. The summed E-state index contributed by atoms with van der Waals surface area (Å²) < 4.78 is 82.5. The number of hydrogen-bond acceptors (Lipinski definition) is 4. The van der Waals surface area contributed by atoms with Crippen LogP contribution in [0.4, 0.5) is 26.3 Å². The van der Waals surface area contributed by atoms with Crippen molar-refractivity contribution in [3.8, 4) is 5.75 Å². The Morgan fingerprint density at radius 2 is 2.00 bits per heavy atom. The van der Waals surface area contributed by atoms with Crippen molar-refractivity contribution in [1.82, 2.24) is 4.98 Å². The highest BCUT2D eigenvalue weighted by atomic mass is 19.4. The van der Waals surface area contributed by atoms with Gasteiger partial charge in [-0.15, -0.1) is 13.2 Å². The van der Waals surface area contributed by atoms with Crippen LogP contribution in [0.2, 0.25) is 0 Å². The number of rotatable bonds is 4. The Balaban J connectivity index is 3.37. The van der Waals surface area contributed by atoms with Gasteiger partial charge in [-0.25, -0.2) is 13.8 Å². The van der Waals surface area contributed by atoms with E-state index in [2.05, 4.69) is 14.5 Å². The van der Waals surface area contributed by atoms with Gasteiger partial charge < -0.3 is 9.47 Å². The minimum atomic E-state index is -5.33. The maximum atomic E-state index is 13.2. The molecular formula is C10H7F6NO3. The first-order valence-electron chi connectivity index (χ1n) is 4.93. The molecule has 1 rings (SSSR count). The lowest BCUT2D eigenvalue weighted by Crippen LogP contribution is -2.21. The van der Waals surface area contributed by atoms with E-state index in [1.54, 1.807) is 0 Å². The van der Waals surface area contributed by atoms with E-state index in [1.807, 2.05) is 0 Å². The number of halogens is 6. The molecule has 0 atom stereocenters. The Morgan fingerprint density at radius 3 is 2.45 bits per heavy atom. The Kier molecular flexibility index (Phi) is 4.79. The number of hydrogen-bond donors (Lipinski definition) is 0. The first kappa shape index (κ1) is 16.1. The van der Waals surface area contributed by atoms with E-state index in [1.165, 1.54) is 0 Å². The molecule has 4 nitrogen and oxygen atoms in total. The molecule has 10 heteroatoms. The molecule has 0 N–H and O–H groups in total. The molecule has 0 aliphatic heterocycles. The molecule has 0 saturated carbocycles. The van der Waals surface area contributed by atoms with E-state index < -0.39 is 48.0 Å². The predicted molar refractivity (Wildman–Crippen MR) is 51.6 cm³/mol. The van der Waals surface area contributed by atoms with Gasteiger partial charge in [-0.2, -0.15) is 4.39 Å². The fourth-order valence-corrected chi connectivity index (χ4v) is 1.32. The predicted octanol–water partition coefficient (Wildman–Crippen LogP) is 2.77. The van der Waals surface area contributed by atoms with Crippen molar-refractivity contribution in [2.45, 2.75) is 19.2 Å². The molecule has 112 valence electrons. The minimum Gasteiger partial charge on any atom is -0.469 e. The molecule has 0 bridgehead atoms. The third kappa shape index (κ3) is 4.00. The molecule has 0 aliphatic rings. The van der Waals surface area contributed by atoms with Crippen molar-refractivity contribution < 1.29 is 40.6 Å². The van der Waals surface area contributed by atoms with E-state index in [0.29, 0.717) is 6.20 Å². The van der Waals surface area contributed by atoms with E-state index in [9.17, 15) is 31.1 Å². The molecule has 0 fully saturated rings. The van der Waals surface area contributed by atoms with Crippen LogP contribution in [0.15, 0.2) is 6.20 Å². The van der Waals surface area contributed by atoms with E-state index in [4.69, 9.17) is 0 Å². The zero-order chi connectivity index (χ0) is 15.5. The Hall–Kier alpha value is -2.00. The fourth-order valence-electron chi connectivity index (χ4n) is 1.32. The summed E-state index contributed by atoms with van der Waals surface area (Å²) in [4.78, 5) is 13.8. The first-order chi connectivity index (χ1) is 9.15. The number of esters is 1. The topological polar surface area (TPSA) is 48.4 Å². The molecule has 0 aromatic carbocycles. The maximum absolute atomic E-state index is 13.2. The van der Waals surface area contributed by atoms with Crippen LogP contribution in [-0.4, -0.2) is 24.4 Å². The average Bonchev–Trinajstić information content (AvgIpc) is 2.31. The largest absolute Gasteiger partial charge is 0.573 e. The number of methoxy groups -OCH3 is 1. The molecule has 1 heterocycles. The zero-order valence-electron chi connectivity index (χ0n) is 9.80. The molecule has 1 aromatic heterocycles. The third-order valence-electron chi connectivity index (χ3n) is 2.13. The normalized spacial score (nSPS) is 11.6. The number of carbonyl (C=O) groups excluding carboxylic acids is 1. The fraction of sp³-hybridized carbons (Fsp3) is 0.400. The molecule has 0 aliphatic carbocycles. The summed E-state index contributed by atoms with van der Waals surface area (Å²) in [5.74, 6) is -4.46. The molecule has 20 heavy (non-hydrogen) atoms. The second kappa shape index (κ2) is 5.97. The van der Waals surface area contributed by atoms with Crippen LogP contribution in [0, 0.1) is 5.95 Å². The van der Waals surface area contributed by atoms with Crippen molar-refractivity contribution in [1.29, 1.82) is 0 Å². The second-order valence-corrected chi connectivity index (χ2v) is 3.41. The number of alkyl halides is 5. The smallest absolute Gasteiger partial charge is 0.469 e. The highest BCUT2D eigenvalue weighted by molar-refractivity contribution is 5.74. The van der Waals surface area contributed by atoms with Crippen LogP contribution < -0.4 is 4.74 Å². The minimum absolute atomic E-state index is 0.335. The van der Waals surface area contributed by atoms with Crippen molar-refractivity contribution in [2.24, 2.45) is 0 Å². The molecule has 0 unspecified atom stereocenters. The van der Waals surface area contributed by atoms with Gasteiger partial charge in [-0.05, 0) is 0 Å². The summed E-state index contributed by atoms with van der Waals surface area (Å²) in [7, 11) is 0.895. The molecule has 0 spiro atoms. The summed E-state index contributed by atoms with van der Waals surface area (Å²) in [6.45, 7) is 0.